The zero-order valence-electron chi connectivity index (χ0n) is 11.0. The van der Waals surface area contributed by atoms with E-state index < -0.39 is 17.9 Å². The number of hydrogen-bond donors (Lipinski definition) is 3. The van der Waals surface area contributed by atoms with Crippen molar-refractivity contribution < 1.29 is 14.7 Å². The summed E-state index contributed by atoms with van der Waals surface area (Å²) in [5.41, 5.74) is 6.07. The second kappa shape index (κ2) is 5.92. The maximum absolute atomic E-state index is 11.5. The molecule has 1 unspecified atom stereocenters. The molecule has 0 saturated carbocycles. The fourth-order valence-electron chi connectivity index (χ4n) is 1.90. The lowest BCUT2D eigenvalue weighted by molar-refractivity contribution is -0.137. The second-order valence-corrected chi connectivity index (χ2v) is 4.38. The minimum absolute atomic E-state index is 0.0396. The van der Waals surface area contributed by atoms with Crippen molar-refractivity contribution in [2.75, 3.05) is 5.32 Å². The number of anilines is 1. The number of carboxylic acid groups (broad SMARTS) is 1. The van der Waals surface area contributed by atoms with Crippen molar-refractivity contribution in [2.24, 2.45) is 5.73 Å². The predicted octanol–water partition coefficient (Wildman–Crippen LogP) is 1.22. The SMILES string of the molecule is C#CCC(Nc1nc2ccccc2cc1C(N)=O)C(=O)O. The van der Waals surface area contributed by atoms with Gasteiger partial charge in [0, 0.05) is 11.8 Å². The molecule has 2 aromatic rings. The topological polar surface area (TPSA) is 105 Å². The molecule has 0 saturated heterocycles. The average molecular weight is 283 g/mol. The number of carboxylic acids is 1. The van der Waals surface area contributed by atoms with Gasteiger partial charge in [0.25, 0.3) is 5.91 Å². The molecular weight excluding hydrogens is 270 g/mol. The lowest BCUT2D eigenvalue weighted by Gasteiger charge is -2.15. The second-order valence-electron chi connectivity index (χ2n) is 4.38. The van der Waals surface area contributed by atoms with Gasteiger partial charge in [-0.25, -0.2) is 9.78 Å². The number of nitrogens with zero attached hydrogens (tertiary/aromatic N) is 1. The lowest BCUT2D eigenvalue weighted by Crippen LogP contribution is -2.30. The van der Waals surface area contributed by atoms with E-state index in [1.165, 1.54) is 0 Å². The summed E-state index contributed by atoms with van der Waals surface area (Å²) in [5.74, 6) is 0.562. The summed E-state index contributed by atoms with van der Waals surface area (Å²) in [6.07, 6.45) is 5.10. The summed E-state index contributed by atoms with van der Waals surface area (Å²) in [6.45, 7) is 0. The van der Waals surface area contributed by atoms with Crippen LogP contribution < -0.4 is 11.1 Å². The van der Waals surface area contributed by atoms with Crippen LogP contribution in [0.5, 0.6) is 0 Å². The molecule has 6 nitrogen and oxygen atoms in total. The number of nitrogens with one attached hydrogen (secondary N) is 1. The number of para-hydroxylation sites is 1. The lowest BCUT2D eigenvalue weighted by atomic mass is 10.1. The van der Waals surface area contributed by atoms with Crippen LogP contribution in [0.2, 0.25) is 0 Å². The Morgan fingerprint density at radius 1 is 1.43 bits per heavy atom. The van der Waals surface area contributed by atoms with E-state index in [-0.39, 0.29) is 17.8 Å². The highest BCUT2D eigenvalue weighted by atomic mass is 16.4. The molecule has 1 amide bonds. The number of carbonyl (C=O) groups excluding carboxylic acids is 1. The van der Waals surface area contributed by atoms with Crippen molar-refractivity contribution >= 4 is 28.6 Å². The molecular formula is C15H13N3O3. The number of pyridine rings is 1. The normalized spacial score (nSPS) is 11.6. The van der Waals surface area contributed by atoms with Crippen LogP contribution in [0.1, 0.15) is 16.8 Å². The van der Waals surface area contributed by atoms with E-state index in [9.17, 15) is 9.59 Å². The fourth-order valence-corrected chi connectivity index (χ4v) is 1.90. The van der Waals surface area contributed by atoms with Gasteiger partial charge in [-0.15, -0.1) is 12.3 Å². The summed E-state index contributed by atoms with van der Waals surface area (Å²) in [5, 5.41) is 12.5. The van der Waals surface area contributed by atoms with Crippen LogP contribution in [0.25, 0.3) is 10.9 Å². The van der Waals surface area contributed by atoms with Gasteiger partial charge in [0.05, 0.1) is 11.1 Å². The zero-order valence-corrected chi connectivity index (χ0v) is 11.0. The molecule has 106 valence electrons. The van der Waals surface area contributed by atoms with Crippen LogP contribution >= 0.6 is 0 Å². The molecule has 0 aliphatic heterocycles. The first-order chi connectivity index (χ1) is 10.0. The van der Waals surface area contributed by atoms with Gasteiger partial charge in [-0.05, 0) is 12.1 Å². The number of carbonyl (C=O) groups is 2. The van der Waals surface area contributed by atoms with Crippen LogP contribution in [-0.4, -0.2) is 28.0 Å². The molecule has 1 atom stereocenters. The molecule has 0 aliphatic carbocycles. The highest BCUT2D eigenvalue weighted by molar-refractivity contribution is 6.01. The molecule has 0 fully saturated rings. The molecule has 1 aromatic heterocycles. The predicted molar refractivity (Wildman–Crippen MR) is 78.8 cm³/mol. The molecule has 0 spiro atoms. The van der Waals surface area contributed by atoms with E-state index in [0.717, 1.165) is 5.39 Å². The molecule has 1 heterocycles. The van der Waals surface area contributed by atoms with Crippen molar-refractivity contribution in [1.82, 2.24) is 4.98 Å². The molecule has 1 aromatic carbocycles. The van der Waals surface area contributed by atoms with Gasteiger partial charge in [-0.3, -0.25) is 4.79 Å². The van der Waals surface area contributed by atoms with Crippen molar-refractivity contribution in [3.8, 4) is 12.3 Å². The van der Waals surface area contributed by atoms with Crippen LogP contribution in [0.4, 0.5) is 5.82 Å². The number of terminal acetylenes is 1. The Morgan fingerprint density at radius 2 is 2.14 bits per heavy atom. The van der Waals surface area contributed by atoms with Crippen molar-refractivity contribution in [3.63, 3.8) is 0 Å². The van der Waals surface area contributed by atoms with Gasteiger partial charge in [0.15, 0.2) is 0 Å². The fraction of sp³-hybridized carbons (Fsp3) is 0.133. The third kappa shape index (κ3) is 3.09. The van der Waals surface area contributed by atoms with Crippen LogP contribution in [-0.2, 0) is 4.79 Å². The highest BCUT2D eigenvalue weighted by Crippen LogP contribution is 2.21. The average Bonchev–Trinajstić information content (AvgIpc) is 2.45. The smallest absolute Gasteiger partial charge is 0.327 e. The van der Waals surface area contributed by atoms with Crippen molar-refractivity contribution in [1.29, 1.82) is 0 Å². The Morgan fingerprint density at radius 3 is 2.76 bits per heavy atom. The van der Waals surface area contributed by atoms with Crippen LogP contribution in [0.15, 0.2) is 30.3 Å². The Labute approximate surface area is 121 Å². The van der Waals surface area contributed by atoms with Gasteiger partial charge in [-0.2, -0.15) is 0 Å². The summed E-state index contributed by atoms with van der Waals surface area (Å²) in [4.78, 5) is 26.9. The minimum atomic E-state index is -1.13. The highest BCUT2D eigenvalue weighted by Gasteiger charge is 2.20. The number of amides is 1. The Hall–Kier alpha value is -3.07. The number of aromatic nitrogens is 1. The van der Waals surface area contributed by atoms with E-state index >= 15 is 0 Å². The van der Waals surface area contributed by atoms with Gasteiger partial charge < -0.3 is 16.2 Å². The first kappa shape index (κ1) is 14.3. The molecule has 0 aliphatic rings. The maximum atomic E-state index is 11.5. The standard InChI is InChI=1S/C15H13N3O3/c1-2-5-12(15(20)21)18-14-10(13(16)19)8-9-6-3-4-7-11(9)17-14/h1,3-4,6-8,12H,5H2,(H2,16,19)(H,17,18)(H,20,21). The van der Waals surface area contributed by atoms with E-state index in [1.54, 1.807) is 30.3 Å². The van der Waals surface area contributed by atoms with Crippen molar-refractivity contribution in [3.05, 3.63) is 35.9 Å². The number of benzene rings is 1. The summed E-state index contributed by atoms with van der Waals surface area (Å²) in [7, 11) is 0. The largest absolute Gasteiger partial charge is 0.480 e. The Bertz CT molecular complexity index is 749. The van der Waals surface area contributed by atoms with Crippen LogP contribution in [0.3, 0.4) is 0 Å². The molecule has 0 radical (unpaired) electrons. The van der Waals surface area contributed by atoms with E-state index in [2.05, 4.69) is 16.2 Å². The number of fused-ring (bicyclic) bond motifs is 1. The molecule has 4 N–H and O–H groups in total. The van der Waals surface area contributed by atoms with Gasteiger partial charge in [0.1, 0.15) is 11.9 Å². The van der Waals surface area contributed by atoms with E-state index in [1.807, 2.05) is 0 Å². The summed E-state index contributed by atoms with van der Waals surface area (Å²) >= 11 is 0. The monoisotopic (exact) mass is 283 g/mol. The number of nitrogens with two attached hydrogens (primary N) is 1. The van der Waals surface area contributed by atoms with Gasteiger partial charge >= 0.3 is 5.97 Å². The first-order valence-electron chi connectivity index (χ1n) is 6.15. The van der Waals surface area contributed by atoms with Gasteiger partial charge in [-0.1, -0.05) is 18.2 Å². The summed E-state index contributed by atoms with van der Waals surface area (Å²) < 4.78 is 0. The number of aliphatic carboxylic acids is 1. The van der Waals surface area contributed by atoms with Crippen LogP contribution in [0, 0.1) is 12.3 Å². The Balaban J connectivity index is 2.50. The minimum Gasteiger partial charge on any atom is -0.480 e. The Kier molecular flexibility index (Phi) is 4.05. The third-order valence-electron chi connectivity index (χ3n) is 2.92. The molecule has 2 rings (SSSR count). The molecule has 6 heteroatoms. The maximum Gasteiger partial charge on any atom is 0.327 e. The third-order valence-corrected chi connectivity index (χ3v) is 2.92. The van der Waals surface area contributed by atoms with E-state index in [0.29, 0.717) is 5.52 Å². The number of primary amides is 1. The molecule has 0 bridgehead atoms. The number of rotatable bonds is 5. The quantitative estimate of drug-likeness (QED) is 0.715. The van der Waals surface area contributed by atoms with Crippen molar-refractivity contribution in [2.45, 2.75) is 12.5 Å². The number of hydrogen-bond acceptors (Lipinski definition) is 4. The first-order valence-corrected chi connectivity index (χ1v) is 6.15. The zero-order chi connectivity index (χ0) is 15.4. The molecule has 21 heavy (non-hydrogen) atoms. The summed E-state index contributed by atoms with van der Waals surface area (Å²) in [6, 6.07) is 7.67. The van der Waals surface area contributed by atoms with Gasteiger partial charge in [0.2, 0.25) is 0 Å². The van der Waals surface area contributed by atoms with E-state index in [4.69, 9.17) is 17.3 Å².